The fourth-order valence-electron chi connectivity index (χ4n) is 4.29. The van der Waals surface area contributed by atoms with Gasteiger partial charge in [0.05, 0.1) is 6.04 Å². The Kier molecular flexibility index (Phi) is 6.96. The van der Waals surface area contributed by atoms with Crippen LogP contribution in [0.25, 0.3) is 0 Å². The number of rotatable bonds is 6. The number of benzene rings is 3. The van der Waals surface area contributed by atoms with Crippen molar-refractivity contribution in [2.45, 2.75) is 39.3 Å². The molecule has 0 aromatic heterocycles. The average molecular weight is 461 g/mol. The maximum absolute atomic E-state index is 14.1. The fourth-order valence-corrected chi connectivity index (χ4v) is 4.29. The summed E-state index contributed by atoms with van der Waals surface area (Å²) in [5.41, 5.74) is 3.37. The summed E-state index contributed by atoms with van der Waals surface area (Å²) in [4.78, 5) is 27.5. The second-order valence-electron chi connectivity index (χ2n) is 8.87. The summed E-state index contributed by atoms with van der Waals surface area (Å²) in [5, 5.41) is 2.84. The zero-order valence-corrected chi connectivity index (χ0v) is 19.6. The van der Waals surface area contributed by atoms with E-state index < -0.39 is 12.1 Å². The molecular weight excluding hydrogens is 431 g/mol. The number of halogens is 1. The molecule has 2 amide bonds. The summed E-state index contributed by atoms with van der Waals surface area (Å²) in [6, 6.07) is 20.8. The minimum absolute atomic E-state index is 0.0156. The highest BCUT2D eigenvalue weighted by Gasteiger charge is 2.33. The molecule has 1 aliphatic rings. The van der Waals surface area contributed by atoms with Gasteiger partial charge in [0, 0.05) is 18.2 Å². The third kappa shape index (κ3) is 5.11. The van der Waals surface area contributed by atoms with Crippen LogP contribution >= 0.6 is 0 Å². The highest BCUT2D eigenvalue weighted by Crippen LogP contribution is 2.38. The largest absolute Gasteiger partial charge is 0.481 e. The normalized spacial score (nSPS) is 16.0. The van der Waals surface area contributed by atoms with Crippen molar-refractivity contribution in [3.8, 4) is 5.75 Å². The lowest BCUT2D eigenvalue weighted by Crippen LogP contribution is -2.42. The predicted molar refractivity (Wildman–Crippen MR) is 130 cm³/mol. The van der Waals surface area contributed by atoms with Crippen LogP contribution in [-0.4, -0.2) is 29.4 Å². The van der Waals surface area contributed by atoms with Crippen LogP contribution in [0.2, 0.25) is 0 Å². The van der Waals surface area contributed by atoms with Crippen LogP contribution in [0.1, 0.15) is 43.5 Å². The maximum atomic E-state index is 14.1. The lowest BCUT2D eigenvalue weighted by molar-refractivity contribution is -0.136. The molecule has 0 aliphatic carbocycles. The van der Waals surface area contributed by atoms with Gasteiger partial charge >= 0.3 is 0 Å². The Labute approximate surface area is 199 Å². The second kappa shape index (κ2) is 10.1. The van der Waals surface area contributed by atoms with E-state index in [1.807, 2.05) is 73.3 Å². The van der Waals surface area contributed by atoms with Crippen LogP contribution in [0.4, 0.5) is 10.1 Å². The number of amides is 2. The van der Waals surface area contributed by atoms with E-state index in [2.05, 4.69) is 5.32 Å². The van der Waals surface area contributed by atoms with Gasteiger partial charge in [0.1, 0.15) is 11.6 Å². The molecule has 5 nitrogen and oxygen atoms in total. The molecule has 0 saturated heterocycles. The molecule has 1 heterocycles. The number of hydrogen-bond acceptors (Lipinski definition) is 3. The lowest BCUT2D eigenvalue weighted by Gasteiger charge is -2.39. The Morgan fingerprint density at radius 2 is 1.76 bits per heavy atom. The van der Waals surface area contributed by atoms with E-state index in [0.717, 1.165) is 11.1 Å². The molecule has 0 bridgehead atoms. The van der Waals surface area contributed by atoms with E-state index in [-0.39, 0.29) is 23.5 Å². The van der Waals surface area contributed by atoms with E-state index in [1.165, 1.54) is 12.1 Å². The number of hydrogen-bond donors (Lipinski definition) is 1. The van der Waals surface area contributed by atoms with E-state index in [0.29, 0.717) is 30.0 Å². The van der Waals surface area contributed by atoms with Crippen molar-refractivity contribution in [2.24, 2.45) is 5.92 Å². The summed E-state index contributed by atoms with van der Waals surface area (Å²) in [6.07, 6.45) is -0.0351. The molecule has 0 unspecified atom stereocenters. The number of para-hydroxylation sites is 1. The second-order valence-corrected chi connectivity index (χ2v) is 8.87. The van der Waals surface area contributed by atoms with Gasteiger partial charge in [0.2, 0.25) is 5.91 Å². The van der Waals surface area contributed by atoms with Crippen molar-refractivity contribution in [1.82, 2.24) is 4.90 Å². The van der Waals surface area contributed by atoms with Gasteiger partial charge in [-0.05, 0) is 66.4 Å². The third-order valence-electron chi connectivity index (χ3n) is 6.01. The van der Waals surface area contributed by atoms with Crippen LogP contribution in [-0.2, 0) is 16.0 Å². The molecule has 3 aromatic carbocycles. The Bertz CT molecular complexity index is 1180. The minimum Gasteiger partial charge on any atom is -0.481 e. The van der Waals surface area contributed by atoms with Crippen LogP contribution in [0.15, 0.2) is 72.8 Å². The van der Waals surface area contributed by atoms with Crippen LogP contribution < -0.4 is 10.1 Å². The predicted octanol–water partition coefficient (Wildman–Crippen LogP) is 5.36. The molecule has 3 aromatic rings. The highest BCUT2D eigenvalue weighted by molar-refractivity contribution is 5.94. The average Bonchev–Trinajstić information content (AvgIpc) is 2.83. The van der Waals surface area contributed by atoms with Crippen molar-refractivity contribution in [3.05, 3.63) is 95.3 Å². The molecule has 4 rings (SSSR count). The quantitative estimate of drug-likeness (QED) is 0.539. The van der Waals surface area contributed by atoms with Crippen LogP contribution in [0, 0.1) is 11.7 Å². The first-order valence-corrected chi connectivity index (χ1v) is 11.5. The number of ether oxygens (including phenoxy) is 1. The van der Waals surface area contributed by atoms with Gasteiger partial charge in [-0.3, -0.25) is 9.59 Å². The monoisotopic (exact) mass is 460 g/mol. The van der Waals surface area contributed by atoms with Crippen molar-refractivity contribution < 1.29 is 18.7 Å². The van der Waals surface area contributed by atoms with Gasteiger partial charge in [-0.15, -0.1) is 0 Å². The van der Waals surface area contributed by atoms with Crippen LogP contribution in [0.3, 0.4) is 0 Å². The Balaban J connectivity index is 1.63. The van der Waals surface area contributed by atoms with E-state index in [1.54, 1.807) is 13.0 Å². The topological polar surface area (TPSA) is 58.6 Å². The van der Waals surface area contributed by atoms with Gasteiger partial charge < -0.3 is 15.0 Å². The first-order valence-electron chi connectivity index (χ1n) is 11.5. The van der Waals surface area contributed by atoms with Gasteiger partial charge in [0.15, 0.2) is 6.10 Å². The van der Waals surface area contributed by atoms with Crippen molar-refractivity contribution in [3.63, 3.8) is 0 Å². The van der Waals surface area contributed by atoms with Gasteiger partial charge in [-0.25, -0.2) is 4.39 Å². The SMILES string of the molecule is CC(C)C(=O)N1CCc2ccc(O[C@H](C)C(=O)Nc3ccccc3)cc2[C@H]1c1cccc(F)c1. The molecular formula is C28H29FN2O3. The summed E-state index contributed by atoms with van der Waals surface area (Å²) in [7, 11) is 0. The van der Waals surface area contributed by atoms with Crippen LogP contribution in [0.5, 0.6) is 5.75 Å². The van der Waals surface area contributed by atoms with Crippen molar-refractivity contribution in [2.75, 3.05) is 11.9 Å². The zero-order chi connectivity index (χ0) is 24.2. The minimum atomic E-state index is -0.733. The molecule has 1 N–H and O–H groups in total. The van der Waals surface area contributed by atoms with E-state index in [9.17, 15) is 14.0 Å². The highest BCUT2D eigenvalue weighted by atomic mass is 19.1. The third-order valence-corrected chi connectivity index (χ3v) is 6.01. The summed E-state index contributed by atoms with van der Waals surface area (Å²) >= 11 is 0. The Hall–Kier alpha value is -3.67. The molecule has 0 radical (unpaired) electrons. The molecule has 34 heavy (non-hydrogen) atoms. The molecule has 2 atom stereocenters. The lowest BCUT2D eigenvalue weighted by atomic mass is 9.87. The number of carbonyl (C=O) groups is 2. The van der Waals surface area contributed by atoms with E-state index in [4.69, 9.17) is 4.74 Å². The Morgan fingerprint density at radius 3 is 2.47 bits per heavy atom. The van der Waals surface area contributed by atoms with Crippen molar-refractivity contribution >= 4 is 17.5 Å². The first-order chi connectivity index (χ1) is 16.3. The number of anilines is 1. The van der Waals surface area contributed by atoms with Gasteiger partial charge in [0.25, 0.3) is 5.91 Å². The van der Waals surface area contributed by atoms with Gasteiger partial charge in [-0.1, -0.05) is 50.2 Å². The van der Waals surface area contributed by atoms with E-state index >= 15 is 0 Å². The molecule has 176 valence electrons. The van der Waals surface area contributed by atoms with Gasteiger partial charge in [-0.2, -0.15) is 0 Å². The summed E-state index contributed by atoms with van der Waals surface area (Å²) < 4.78 is 20.1. The summed E-state index contributed by atoms with van der Waals surface area (Å²) in [5.74, 6) is -0.252. The smallest absolute Gasteiger partial charge is 0.265 e. The maximum Gasteiger partial charge on any atom is 0.265 e. The molecule has 1 aliphatic heterocycles. The zero-order valence-electron chi connectivity index (χ0n) is 19.6. The molecule has 0 saturated carbocycles. The Morgan fingerprint density at radius 1 is 1.00 bits per heavy atom. The molecule has 0 fully saturated rings. The molecule has 6 heteroatoms. The number of nitrogens with one attached hydrogen (secondary N) is 1. The summed E-state index contributed by atoms with van der Waals surface area (Å²) in [6.45, 7) is 5.98. The standard InChI is InChI=1S/C28H29FN2O3/c1-18(2)28(33)31-15-14-20-12-13-24(17-25(20)26(31)21-8-7-9-22(29)16-21)34-19(3)27(32)30-23-10-5-4-6-11-23/h4-13,16-19,26H,14-15H2,1-3H3,(H,30,32)/t19-,26-/m1/s1. The molecule has 0 spiro atoms. The van der Waals surface area contributed by atoms with Crippen molar-refractivity contribution in [1.29, 1.82) is 0 Å². The first kappa shape index (κ1) is 23.5. The number of carbonyl (C=O) groups excluding carboxylic acids is 2. The fraction of sp³-hybridized carbons (Fsp3) is 0.286. The number of nitrogens with zero attached hydrogens (tertiary/aromatic N) is 1. The number of fused-ring (bicyclic) bond motifs is 1.